The SMILES string of the molecule is CCOO.O=C(C(=O)c1ccccc1)c1ccccc1.O[C@@H](c1ccccc1)[C@@H](O)c1ccccc1.S.S. The van der Waals surface area contributed by atoms with Gasteiger partial charge in [0, 0.05) is 11.1 Å². The van der Waals surface area contributed by atoms with Crippen molar-refractivity contribution in [2.24, 2.45) is 0 Å². The summed E-state index contributed by atoms with van der Waals surface area (Å²) < 4.78 is 0. The fourth-order valence-corrected chi connectivity index (χ4v) is 3.11. The molecule has 6 nitrogen and oxygen atoms in total. The van der Waals surface area contributed by atoms with Crippen LogP contribution >= 0.6 is 27.0 Å². The maximum absolute atomic E-state index is 11.8. The van der Waals surface area contributed by atoms with E-state index in [0.29, 0.717) is 17.7 Å². The molecule has 0 spiro atoms. The fourth-order valence-electron chi connectivity index (χ4n) is 3.11. The molecule has 4 rings (SSSR count). The van der Waals surface area contributed by atoms with Gasteiger partial charge in [-0.25, -0.2) is 4.89 Å². The average molecular weight is 555 g/mol. The lowest BCUT2D eigenvalue weighted by Gasteiger charge is -2.18. The van der Waals surface area contributed by atoms with Crippen LogP contribution in [-0.4, -0.2) is 33.6 Å². The van der Waals surface area contributed by atoms with E-state index in [-0.39, 0.29) is 27.0 Å². The summed E-state index contributed by atoms with van der Waals surface area (Å²) in [5, 5.41) is 27.4. The number of hydrogen-bond acceptors (Lipinski definition) is 6. The Kier molecular flexibility index (Phi) is 18.1. The van der Waals surface area contributed by atoms with Gasteiger partial charge in [-0.15, -0.1) is 0 Å². The first-order valence-corrected chi connectivity index (χ1v) is 11.4. The first-order chi connectivity index (χ1) is 17.5. The van der Waals surface area contributed by atoms with Gasteiger partial charge in [0.25, 0.3) is 0 Å². The van der Waals surface area contributed by atoms with Crippen LogP contribution in [-0.2, 0) is 4.89 Å². The van der Waals surface area contributed by atoms with E-state index in [4.69, 9.17) is 5.26 Å². The second-order valence-electron chi connectivity index (χ2n) is 7.52. The molecule has 4 aromatic rings. The highest BCUT2D eigenvalue weighted by molar-refractivity contribution is 7.59. The number of hydrogen-bond donors (Lipinski definition) is 3. The predicted molar refractivity (Wildman–Crippen MR) is 159 cm³/mol. The smallest absolute Gasteiger partial charge is 0.233 e. The zero-order valence-corrected chi connectivity index (χ0v) is 23.0. The third kappa shape index (κ3) is 11.4. The molecule has 0 aliphatic heterocycles. The molecule has 0 radical (unpaired) electrons. The molecule has 202 valence electrons. The Balaban J connectivity index is 0.000000604. The van der Waals surface area contributed by atoms with Gasteiger partial charge in [-0.2, -0.15) is 27.0 Å². The van der Waals surface area contributed by atoms with Gasteiger partial charge in [0.05, 0.1) is 6.61 Å². The topological polar surface area (TPSA) is 104 Å². The summed E-state index contributed by atoms with van der Waals surface area (Å²) in [6.45, 7) is 2.08. The van der Waals surface area contributed by atoms with E-state index in [2.05, 4.69) is 4.89 Å². The minimum atomic E-state index is -0.886. The van der Waals surface area contributed by atoms with Crippen molar-refractivity contribution < 1.29 is 29.9 Å². The van der Waals surface area contributed by atoms with E-state index in [1.165, 1.54) is 0 Å². The van der Waals surface area contributed by atoms with Crippen LogP contribution in [0.4, 0.5) is 0 Å². The number of rotatable bonds is 7. The molecular weight excluding hydrogens is 520 g/mol. The van der Waals surface area contributed by atoms with Gasteiger partial charge in [-0.05, 0) is 18.1 Å². The molecule has 38 heavy (non-hydrogen) atoms. The van der Waals surface area contributed by atoms with E-state index in [1.54, 1.807) is 79.7 Å². The van der Waals surface area contributed by atoms with E-state index < -0.39 is 23.8 Å². The van der Waals surface area contributed by atoms with Gasteiger partial charge in [-0.1, -0.05) is 121 Å². The largest absolute Gasteiger partial charge is 0.385 e. The highest BCUT2D eigenvalue weighted by Gasteiger charge is 2.19. The van der Waals surface area contributed by atoms with Crippen molar-refractivity contribution in [1.29, 1.82) is 0 Å². The molecule has 8 heteroatoms. The van der Waals surface area contributed by atoms with E-state index >= 15 is 0 Å². The molecule has 4 aromatic carbocycles. The summed E-state index contributed by atoms with van der Waals surface area (Å²) >= 11 is 0. The molecule has 0 aliphatic carbocycles. The molecule has 0 heterocycles. The lowest BCUT2D eigenvalue weighted by molar-refractivity contribution is -0.237. The van der Waals surface area contributed by atoms with Crippen molar-refractivity contribution in [2.45, 2.75) is 19.1 Å². The van der Waals surface area contributed by atoms with Crippen LogP contribution < -0.4 is 0 Å². The van der Waals surface area contributed by atoms with Gasteiger partial charge >= 0.3 is 0 Å². The summed E-state index contributed by atoms with van der Waals surface area (Å²) in [7, 11) is 0. The van der Waals surface area contributed by atoms with Crippen molar-refractivity contribution in [2.75, 3.05) is 6.61 Å². The van der Waals surface area contributed by atoms with Crippen LogP contribution in [0.1, 0.15) is 51.0 Å². The Morgan fingerprint density at radius 3 is 1.05 bits per heavy atom. The Labute approximate surface area is 237 Å². The molecule has 0 saturated heterocycles. The van der Waals surface area contributed by atoms with Crippen molar-refractivity contribution in [3.05, 3.63) is 144 Å². The summed E-state index contributed by atoms with van der Waals surface area (Å²) in [4.78, 5) is 27.1. The number of carbonyl (C=O) groups excluding carboxylic acids is 2. The maximum Gasteiger partial charge on any atom is 0.233 e. The van der Waals surface area contributed by atoms with Gasteiger partial charge in [0.1, 0.15) is 12.2 Å². The van der Waals surface area contributed by atoms with Gasteiger partial charge < -0.3 is 10.2 Å². The third-order valence-electron chi connectivity index (χ3n) is 4.99. The van der Waals surface area contributed by atoms with Gasteiger partial charge in [0.15, 0.2) is 0 Å². The third-order valence-corrected chi connectivity index (χ3v) is 4.99. The summed E-state index contributed by atoms with van der Waals surface area (Å²) in [5.41, 5.74) is 2.30. The number of benzene rings is 4. The summed E-state index contributed by atoms with van der Waals surface area (Å²) in [6, 6.07) is 35.5. The number of ketones is 2. The molecule has 0 saturated carbocycles. The molecule has 0 aliphatic rings. The van der Waals surface area contributed by atoms with E-state index in [0.717, 1.165) is 11.1 Å². The first kappa shape index (κ1) is 34.8. The monoisotopic (exact) mass is 554 g/mol. The standard InChI is InChI=1S/C14H14O2.C14H10O2.C2H6O2.2H2S/c2*15-13(11-7-3-1-4-8-11)14(16)12-9-5-2-6-10-12;1-2-4-3;;/h1-10,13-16H;1-10H;3H,2H2,1H3;2*1H2/t13-,14-;;;;/m0..../s1. The summed E-state index contributed by atoms with van der Waals surface area (Å²) in [6.07, 6.45) is -1.77. The zero-order chi connectivity index (χ0) is 26.2. The van der Waals surface area contributed by atoms with Crippen LogP contribution in [0.15, 0.2) is 121 Å². The lowest BCUT2D eigenvalue weighted by Crippen LogP contribution is -2.14. The molecule has 0 bridgehead atoms. The number of Topliss-reactive ketones (excluding diaryl/α,β-unsaturated/α-hetero) is 2. The molecular formula is C30H34O6S2. The van der Waals surface area contributed by atoms with Gasteiger partial charge in [-0.3, -0.25) is 14.8 Å². The van der Waals surface area contributed by atoms with Gasteiger partial charge in [0.2, 0.25) is 11.6 Å². The molecule has 3 N–H and O–H groups in total. The number of aliphatic hydroxyl groups excluding tert-OH is 2. The van der Waals surface area contributed by atoms with Crippen molar-refractivity contribution in [3.8, 4) is 0 Å². The zero-order valence-electron chi connectivity index (χ0n) is 21.0. The minimum Gasteiger partial charge on any atom is -0.385 e. The number of carbonyl (C=O) groups is 2. The minimum absolute atomic E-state index is 0. The Morgan fingerprint density at radius 2 is 0.816 bits per heavy atom. The Bertz CT molecular complexity index is 1070. The highest BCUT2D eigenvalue weighted by Crippen LogP contribution is 2.27. The molecule has 0 unspecified atom stereocenters. The Hall–Kier alpha value is -3.24. The Morgan fingerprint density at radius 1 is 0.579 bits per heavy atom. The van der Waals surface area contributed by atoms with Crippen molar-refractivity contribution in [1.82, 2.24) is 0 Å². The van der Waals surface area contributed by atoms with Crippen molar-refractivity contribution in [3.63, 3.8) is 0 Å². The lowest BCUT2D eigenvalue weighted by atomic mass is 9.99. The second kappa shape index (κ2) is 19.8. The van der Waals surface area contributed by atoms with Crippen LogP contribution in [0.2, 0.25) is 0 Å². The first-order valence-electron chi connectivity index (χ1n) is 11.4. The molecule has 0 amide bonds. The molecule has 0 aromatic heterocycles. The fraction of sp³-hybridized carbons (Fsp3) is 0.133. The second-order valence-corrected chi connectivity index (χ2v) is 7.52. The van der Waals surface area contributed by atoms with Crippen LogP contribution in [0, 0.1) is 0 Å². The quantitative estimate of drug-likeness (QED) is 0.113. The molecule has 2 atom stereocenters. The van der Waals surface area contributed by atoms with Crippen LogP contribution in [0.5, 0.6) is 0 Å². The number of aliphatic hydroxyl groups is 2. The predicted octanol–water partition coefficient (Wildman–Crippen LogP) is 5.93. The maximum atomic E-state index is 11.8. The van der Waals surface area contributed by atoms with E-state index in [9.17, 15) is 19.8 Å². The van der Waals surface area contributed by atoms with Crippen molar-refractivity contribution >= 4 is 38.6 Å². The van der Waals surface area contributed by atoms with Crippen LogP contribution in [0.3, 0.4) is 0 Å². The van der Waals surface area contributed by atoms with Crippen LogP contribution in [0.25, 0.3) is 0 Å². The normalized spacial score (nSPS) is 10.9. The van der Waals surface area contributed by atoms with E-state index in [1.807, 2.05) is 48.5 Å². The molecule has 0 fully saturated rings. The summed E-state index contributed by atoms with van der Waals surface area (Å²) in [5.74, 6) is -0.932. The average Bonchev–Trinajstić information content (AvgIpc) is 2.98. The highest BCUT2D eigenvalue weighted by atomic mass is 32.1.